The van der Waals surface area contributed by atoms with Gasteiger partial charge in [-0.3, -0.25) is 19.7 Å². The van der Waals surface area contributed by atoms with Gasteiger partial charge in [-0.15, -0.1) is 11.3 Å². The van der Waals surface area contributed by atoms with Crippen LogP contribution in [0.25, 0.3) is 21.6 Å². The highest BCUT2D eigenvalue weighted by molar-refractivity contribution is 7.18. The molecule has 0 unspecified atom stereocenters. The Kier molecular flexibility index (Phi) is 10.6. The third-order valence-corrected chi connectivity index (χ3v) is 9.73. The van der Waals surface area contributed by atoms with Gasteiger partial charge in [0.25, 0.3) is 5.91 Å². The molecular formula is C34H33Cl2FN4O4S. The van der Waals surface area contributed by atoms with Crippen molar-refractivity contribution in [3.8, 4) is 27.3 Å². The molecule has 0 aliphatic carbocycles. The quantitative estimate of drug-likeness (QED) is 0.161. The number of amides is 3. The van der Waals surface area contributed by atoms with Crippen molar-refractivity contribution in [3.63, 3.8) is 0 Å². The summed E-state index contributed by atoms with van der Waals surface area (Å²) < 4.78 is 19.7. The van der Waals surface area contributed by atoms with E-state index in [0.29, 0.717) is 45.6 Å². The molecule has 5 rings (SSSR count). The average Bonchev–Trinajstić information content (AvgIpc) is 3.42. The zero-order valence-corrected chi connectivity index (χ0v) is 27.4. The Morgan fingerprint density at radius 3 is 2.30 bits per heavy atom. The highest BCUT2D eigenvalue weighted by Gasteiger charge is 2.41. The molecule has 3 amide bonds. The van der Waals surface area contributed by atoms with Gasteiger partial charge in [-0.2, -0.15) is 0 Å². The van der Waals surface area contributed by atoms with Crippen molar-refractivity contribution in [1.82, 2.24) is 15.5 Å². The van der Waals surface area contributed by atoms with Gasteiger partial charge in [0.1, 0.15) is 22.8 Å². The maximum absolute atomic E-state index is 14.3. The van der Waals surface area contributed by atoms with Gasteiger partial charge >= 0.3 is 0 Å². The molecule has 3 aromatic carbocycles. The number of carbonyl (C=O) groups excluding carboxylic acids is 3. The van der Waals surface area contributed by atoms with Crippen LogP contribution >= 0.6 is 34.5 Å². The van der Waals surface area contributed by atoms with Crippen molar-refractivity contribution in [2.45, 2.75) is 31.8 Å². The predicted molar refractivity (Wildman–Crippen MR) is 180 cm³/mol. The summed E-state index contributed by atoms with van der Waals surface area (Å²) in [6, 6.07) is 20.6. The Hall–Kier alpha value is -3.96. The van der Waals surface area contributed by atoms with E-state index in [1.165, 1.54) is 30.4 Å². The van der Waals surface area contributed by atoms with Crippen LogP contribution in [0.5, 0.6) is 5.75 Å². The Morgan fingerprint density at radius 1 is 1.00 bits per heavy atom. The van der Waals surface area contributed by atoms with Crippen LogP contribution in [0.3, 0.4) is 0 Å². The second kappa shape index (κ2) is 14.6. The number of rotatable bonds is 11. The molecule has 0 saturated carbocycles. The molecule has 0 bridgehead atoms. The number of halogens is 3. The number of hydrogen-bond donors (Lipinski definition) is 3. The number of nitrogens with one attached hydrogen (secondary N) is 2. The van der Waals surface area contributed by atoms with Crippen molar-refractivity contribution < 1.29 is 23.5 Å². The minimum atomic E-state index is -1.03. The molecule has 4 aromatic rings. The number of ether oxygens (including phenoxy) is 1. The summed E-state index contributed by atoms with van der Waals surface area (Å²) in [4.78, 5) is 41.3. The Labute approximate surface area is 280 Å². The second-order valence-corrected chi connectivity index (χ2v) is 12.9. The van der Waals surface area contributed by atoms with Gasteiger partial charge in [0.2, 0.25) is 11.8 Å². The van der Waals surface area contributed by atoms with Gasteiger partial charge in [-0.25, -0.2) is 4.39 Å². The number of piperidine rings is 1. The van der Waals surface area contributed by atoms with E-state index in [1.54, 1.807) is 35.2 Å². The topological polar surface area (TPSA) is 114 Å². The van der Waals surface area contributed by atoms with Gasteiger partial charge in [0.15, 0.2) is 5.75 Å². The number of carbonyl (C=O) groups is 3. The molecule has 4 N–H and O–H groups in total. The maximum atomic E-state index is 14.3. The molecule has 0 radical (unpaired) electrons. The van der Waals surface area contributed by atoms with Crippen LogP contribution in [0.15, 0.2) is 72.8 Å². The van der Waals surface area contributed by atoms with Crippen LogP contribution in [0.2, 0.25) is 10.0 Å². The van der Waals surface area contributed by atoms with Crippen LogP contribution in [-0.4, -0.2) is 54.4 Å². The molecule has 1 aliphatic heterocycles. The lowest BCUT2D eigenvalue weighted by molar-refractivity contribution is -0.126. The molecule has 46 heavy (non-hydrogen) atoms. The first kappa shape index (κ1) is 33.4. The monoisotopic (exact) mass is 682 g/mol. The summed E-state index contributed by atoms with van der Waals surface area (Å²) in [5.74, 6) is -0.933. The van der Waals surface area contributed by atoms with Crippen LogP contribution < -0.4 is 21.1 Å². The number of benzene rings is 3. The summed E-state index contributed by atoms with van der Waals surface area (Å²) >= 11 is 14.2. The number of hydrogen-bond acceptors (Lipinski definition) is 6. The smallest absolute Gasteiger partial charge is 0.267 e. The lowest BCUT2D eigenvalue weighted by Crippen LogP contribution is -2.61. The highest BCUT2D eigenvalue weighted by atomic mass is 35.5. The largest absolute Gasteiger partial charge is 0.489 e. The van der Waals surface area contributed by atoms with E-state index in [-0.39, 0.29) is 43.9 Å². The third kappa shape index (κ3) is 7.53. The molecule has 1 fully saturated rings. The summed E-state index contributed by atoms with van der Waals surface area (Å²) in [5.41, 5.74) is 7.85. The van der Waals surface area contributed by atoms with E-state index in [9.17, 15) is 18.8 Å². The fourth-order valence-electron chi connectivity index (χ4n) is 5.41. The van der Waals surface area contributed by atoms with Crippen LogP contribution in [0, 0.1) is 5.82 Å². The number of nitrogens with two attached hydrogens (primary N) is 1. The van der Waals surface area contributed by atoms with Crippen molar-refractivity contribution in [3.05, 3.63) is 99.1 Å². The summed E-state index contributed by atoms with van der Waals surface area (Å²) in [5, 5.41) is 7.07. The first-order valence-corrected chi connectivity index (χ1v) is 16.3. The van der Waals surface area contributed by atoms with E-state index < -0.39 is 11.4 Å². The van der Waals surface area contributed by atoms with Gasteiger partial charge < -0.3 is 20.7 Å². The highest BCUT2D eigenvalue weighted by Crippen LogP contribution is 2.50. The molecule has 240 valence electrons. The zero-order valence-electron chi connectivity index (χ0n) is 25.1. The standard InChI is InChI=1S/C34H33Cl2FN4O4S/c1-21(42)39-16-19-45-29-28(23-8-10-24(35)11-9-23)30(26-4-2-3-5-27(26)36)46-31(29)32(43)41-17-14-34(15-18-41,33(38)44)40-20-22-6-12-25(37)13-7-22/h2-13,40H,14-20H2,1H3,(H2,38,44)(H,39,42). The van der Waals surface area contributed by atoms with E-state index in [2.05, 4.69) is 10.6 Å². The van der Waals surface area contributed by atoms with E-state index in [1.807, 2.05) is 30.3 Å². The SMILES string of the molecule is CC(=O)NCCOc1c(C(=O)N2CCC(NCc3ccc(F)cc3)(C(N)=O)CC2)sc(-c2ccccc2Cl)c1-c1ccc(Cl)cc1. The molecule has 12 heteroatoms. The molecule has 1 aliphatic rings. The first-order chi connectivity index (χ1) is 22.1. The summed E-state index contributed by atoms with van der Waals surface area (Å²) in [6.45, 7) is 2.63. The number of primary amides is 1. The fourth-order valence-corrected chi connectivity index (χ4v) is 7.09. The minimum absolute atomic E-state index is 0.122. The van der Waals surface area contributed by atoms with Crippen LogP contribution in [0.1, 0.15) is 35.0 Å². The van der Waals surface area contributed by atoms with Crippen LogP contribution in [0.4, 0.5) is 4.39 Å². The third-order valence-electron chi connectivity index (χ3n) is 7.95. The molecule has 8 nitrogen and oxygen atoms in total. The Morgan fingerprint density at radius 2 is 1.67 bits per heavy atom. The van der Waals surface area contributed by atoms with Gasteiger partial charge in [-0.05, 0) is 54.3 Å². The number of nitrogens with zero attached hydrogens (tertiary/aromatic N) is 1. The van der Waals surface area contributed by atoms with E-state index in [0.717, 1.165) is 21.6 Å². The molecule has 1 aromatic heterocycles. The van der Waals surface area contributed by atoms with Crippen LogP contribution in [-0.2, 0) is 16.1 Å². The first-order valence-electron chi connectivity index (χ1n) is 14.7. The van der Waals surface area contributed by atoms with Crippen molar-refractivity contribution in [2.75, 3.05) is 26.2 Å². The summed E-state index contributed by atoms with van der Waals surface area (Å²) in [7, 11) is 0. The lowest BCUT2D eigenvalue weighted by Gasteiger charge is -2.40. The molecular weight excluding hydrogens is 650 g/mol. The van der Waals surface area contributed by atoms with Gasteiger partial charge in [0, 0.05) is 52.6 Å². The second-order valence-electron chi connectivity index (χ2n) is 11.0. The summed E-state index contributed by atoms with van der Waals surface area (Å²) in [6.07, 6.45) is 0.585. The normalized spacial score (nSPS) is 14.1. The van der Waals surface area contributed by atoms with E-state index in [4.69, 9.17) is 33.7 Å². The Balaban J connectivity index is 1.47. The molecule has 1 saturated heterocycles. The number of likely N-dealkylation sites (tertiary alicyclic amines) is 1. The van der Waals surface area contributed by atoms with Gasteiger partial charge in [-0.1, -0.05) is 65.7 Å². The van der Waals surface area contributed by atoms with Crippen molar-refractivity contribution in [2.24, 2.45) is 5.73 Å². The Bertz CT molecular complexity index is 1720. The maximum Gasteiger partial charge on any atom is 0.267 e. The predicted octanol–water partition coefficient (Wildman–Crippen LogP) is 6.29. The van der Waals surface area contributed by atoms with Crippen molar-refractivity contribution >= 4 is 52.3 Å². The van der Waals surface area contributed by atoms with Gasteiger partial charge in [0.05, 0.1) is 6.54 Å². The zero-order chi connectivity index (χ0) is 32.8. The van der Waals surface area contributed by atoms with E-state index >= 15 is 0 Å². The molecule has 0 spiro atoms. The number of thiophene rings is 1. The average molecular weight is 684 g/mol. The molecule has 0 atom stereocenters. The van der Waals surface area contributed by atoms with Crippen molar-refractivity contribution in [1.29, 1.82) is 0 Å². The minimum Gasteiger partial charge on any atom is -0.489 e. The molecule has 2 heterocycles. The fraction of sp³-hybridized carbons (Fsp3) is 0.265. The lowest BCUT2D eigenvalue weighted by atomic mass is 9.86.